The van der Waals surface area contributed by atoms with Crippen LogP contribution in [0.1, 0.15) is 68.2 Å². The fourth-order valence-corrected chi connectivity index (χ4v) is 5.23. The van der Waals surface area contributed by atoms with E-state index in [4.69, 9.17) is 8.85 Å². The van der Waals surface area contributed by atoms with E-state index in [1.54, 1.807) is 0 Å². The fourth-order valence-electron chi connectivity index (χ4n) is 2.18. The van der Waals surface area contributed by atoms with Gasteiger partial charge in [0.05, 0.1) is 0 Å². The first kappa shape index (κ1) is 19.1. The minimum Gasteiger partial charge on any atom is -0.391 e. The van der Waals surface area contributed by atoms with Gasteiger partial charge in [0.15, 0.2) is 0 Å². The molecular weight excluding hydrogens is 252 g/mol. The van der Waals surface area contributed by atoms with Crippen LogP contribution in [0.2, 0.25) is 12.1 Å². The smallest absolute Gasteiger partial charge is 0.338 e. The summed E-state index contributed by atoms with van der Waals surface area (Å²) in [6, 6.07) is 2.09. The fraction of sp³-hybridized carbons (Fsp3) is 1.00. The molecule has 0 spiro atoms. The Balaban J connectivity index is 4.74. The van der Waals surface area contributed by atoms with Crippen LogP contribution in [0.3, 0.4) is 0 Å². The van der Waals surface area contributed by atoms with Gasteiger partial charge in [0, 0.05) is 12.2 Å². The van der Waals surface area contributed by atoms with Crippen LogP contribution >= 0.6 is 0 Å². The molecule has 0 saturated heterocycles. The first-order chi connectivity index (χ1) is 8.85. The predicted molar refractivity (Wildman–Crippen MR) is 86.7 cm³/mol. The lowest BCUT2D eigenvalue weighted by molar-refractivity contribution is 0.0483. The highest BCUT2D eigenvalue weighted by Crippen LogP contribution is 2.27. The van der Waals surface area contributed by atoms with Crippen LogP contribution in [0.15, 0.2) is 0 Å². The highest BCUT2D eigenvalue weighted by atomic mass is 28.4. The summed E-state index contributed by atoms with van der Waals surface area (Å²) in [5, 5.41) is 0. The number of rotatable bonds is 10. The zero-order valence-electron chi connectivity index (χ0n) is 14.5. The molecule has 4 unspecified atom stereocenters. The molecule has 0 aliphatic rings. The van der Waals surface area contributed by atoms with Crippen molar-refractivity contribution in [3.8, 4) is 0 Å². The standard InChI is InChI=1S/C16H36O2Si/c1-9-13(5)15(7)17-19(11-3,12-4)18-16(8)14(6)10-2/h13-16H,9-12H2,1-8H3. The number of hydrogen-bond acceptors (Lipinski definition) is 2. The lowest BCUT2D eigenvalue weighted by atomic mass is 10.0. The molecule has 0 rings (SSSR count). The molecule has 0 heterocycles. The zero-order chi connectivity index (χ0) is 15.1. The Hall–Kier alpha value is 0.137. The third-order valence-electron chi connectivity index (χ3n) is 4.77. The van der Waals surface area contributed by atoms with Crippen LogP contribution in [-0.4, -0.2) is 20.8 Å². The van der Waals surface area contributed by atoms with Gasteiger partial charge in [-0.2, -0.15) is 0 Å². The molecule has 0 aromatic carbocycles. The average molecular weight is 289 g/mol. The average Bonchev–Trinajstić information content (AvgIpc) is 2.44. The van der Waals surface area contributed by atoms with Crippen LogP contribution in [0.25, 0.3) is 0 Å². The maximum absolute atomic E-state index is 6.47. The molecule has 2 nitrogen and oxygen atoms in total. The van der Waals surface area contributed by atoms with Crippen molar-refractivity contribution in [3.63, 3.8) is 0 Å². The molecular formula is C16H36O2Si. The molecule has 0 aromatic heterocycles. The van der Waals surface area contributed by atoms with Gasteiger partial charge in [-0.15, -0.1) is 0 Å². The lowest BCUT2D eigenvalue weighted by Crippen LogP contribution is -2.47. The van der Waals surface area contributed by atoms with Crippen LogP contribution < -0.4 is 0 Å². The van der Waals surface area contributed by atoms with Gasteiger partial charge >= 0.3 is 8.56 Å². The second-order valence-corrected chi connectivity index (χ2v) is 9.74. The highest BCUT2D eigenvalue weighted by molar-refractivity contribution is 6.67. The van der Waals surface area contributed by atoms with Crippen molar-refractivity contribution in [2.24, 2.45) is 11.8 Å². The molecule has 19 heavy (non-hydrogen) atoms. The van der Waals surface area contributed by atoms with Crippen molar-refractivity contribution < 1.29 is 8.85 Å². The van der Waals surface area contributed by atoms with E-state index in [2.05, 4.69) is 55.4 Å². The maximum Gasteiger partial charge on any atom is 0.338 e. The van der Waals surface area contributed by atoms with Gasteiger partial charge < -0.3 is 8.85 Å². The summed E-state index contributed by atoms with van der Waals surface area (Å²) >= 11 is 0. The third-order valence-corrected chi connectivity index (χ3v) is 8.53. The van der Waals surface area contributed by atoms with Crippen LogP contribution in [-0.2, 0) is 8.85 Å². The molecule has 0 aliphatic heterocycles. The molecule has 0 aromatic rings. The Morgan fingerprint density at radius 1 is 0.684 bits per heavy atom. The van der Waals surface area contributed by atoms with Gasteiger partial charge in [-0.25, -0.2) is 0 Å². The van der Waals surface area contributed by atoms with Gasteiger partial charge in [0.25, 0.3) is 0 Å². The molecule has 0 aliphatic carbocycles. The number of hydrogen-bond donors (Lipinski definition) is 0. The topological polar surface area (TPSA) is 18.5 Å². The Morgan fingerprint density at radius 3 is 1.21 bits per heavy atom. The molecule has 0 saturated carbocycles. The van der Waals surface area contributed by atoms with Crippen molar-refractivity contribution >= 4 is 8.56 Å². The Morgan fingerprint density at radius 2 is 1.00 bits per heavy atom. The molecule has 116 valence electrons. The van der Waals surface area contributed by atoms with Gasteiger partial charge in [-0.3, -0.25) is 0 Å². The van der Waals surface area contributed by atoms with Crippen molar-refractivity contribution in [2.45, 2.75) is 92.5 Å². The van der Waals surface area contributed by atoms with Crippen molar-refractivity contribution in [3.05, 3.63) is 0 Å². The quantitative estimate of drug-likeness (QED) is 0.503. The van der Waals surface area contributed by atoms with E-state index >= 15 is 0 Å². The van der Waals surface area contributed by atoms with E-state index in [0.717, 1.165) is 12.1 Å². The molecule has 0 amide bonds. The Kier molecular flexibility index (Phi) is 9.21. The summed E-state index contributed by atoms with van der Waals surface area (Å²) < 4.78 is 12.9. The van der Waals surface area contributed by atoms with E-state index < -0.39 is 8.56 Å². The van der Waals surface area contributed by atoms with E-state index in [9.17, 15) is 0 Å². The van der Waals surface area contributed by atoms with Gasteiger partial charge in [0.2, 0.25) is 0 Å². The van der Waals surface area contributed by atoms with Gasteiger partial charge in [-0.05, 0) is 37.8 Å². The Labute approximate surface area is 122 Å². The second kappa shape index (κ2) is 9.14. The summed E-state index contributed by atoms with van der Waals surface area (Å²) in [6.07, 6.45) is 2.95. The molecule has 0 fully saturated rings. The van der Waals surface area contributed by atoms with E-state index in [-0.39, 0.29) is 0 Å². The lowest BCUT2D eigenvalue weighted by Gasteiger charge is -2.37. The summed E-state index contributed by atoms with van der Waals surface area (Å²) in [4.78, 5) is 0. The normalized spacial score (nSPS) is 18.9. The molecule has 4 atom stereocenters. The van der Waals surface area contributed by atoms with Crippen molar-refractivity contribution in [1.82, 2.24) is 0 Å². The van der Waals surface area contributed by atoms with Crippen LogP contribution in [0.5, 0.6) is 0 Å². The Bertz CT molecular complexity index is 209. The van der Waals surface area contributed by atoms with Gasteiger partial charge in [-0.1, -0.05) is 54.4 Å². The zero-order valence-corrected chi connectivity index (χ0v) is 15.5. The van der Waals surface area contributed by atoms with E-state index in [0.29, 0.717) is 24.0 Å². The summed E-state index contributed by atoms with van der Waals surface area (Å²) in [7, 11) is -2.03. The third kappa shape index (κ3) is 5.97. The molecule has 0 radical (unpaired) electrons. The molecule has 0 N–H and O–H groups in total. The first-order valence-corrected chi connectivity index (χ1v) is 10.4. The van der Waals surface area contributed by atoms with E-state index in [1.165, 1.54) is 12.8 Å². The SMILES string of the molecule is CCC(C)C(C)O[Si](CC)(CC)OC(C)C(C)CC. The summed E-state index contributed by atoms with van der Waals surface area (Å²) in [5.41, 5.74) is 0. The predicted octanol–water partition coefficient (Wildman–Crippen LogP) is 5.37. The summed E-state index contributed by atoms with van der Waals surface area (Å²) in [5.74, 6) is 1.21. The van der Waals surface area contributed by atoms with Crippen LogP contribution in [0.4, 0.5) is 0 Å². The first-order valence-electron chi connectivity index (χ1n) is 8.21. The largest absolute Gasteiger partial charge is 0.391 e. The highest BCUT2D eigenvalue weighted by Gasteiger charge is 2.38. The van der Waals surface area contributed by atoms with Crippen molar-refractivity contribution in [1.29, 1.82) is 0 Å². The second-order valence-electron chi connectivity index (χ2n) is 6.03. The summed E-state index contributed by atoms with van der Waals surface area (Å²) in [6.45, 7) is 17.9. The minimum atomic E-state index is -2.03. The minimum absolute atomic E-state index is 0.306. The van der Waals surface area contributed by atoms with E-state index in [1.807, 2.05) is 0 Å². The van der Waals surface area contributed by atoms with Crippen LogP contribution in [0, 0.1) is 11.8 Å². The molecule has 3 heteroatoms. The van der Waals surface area contributed by atoms with Gasteiger partial charge in [0.1, 0.15) is 0 Å². The molecule has 0 bridgehead atoms. The maximum atomic E-state index is 6.47. The monoisotopic (exact) mass is 288 g/mol. The van der Waals surface area contributed by atoms with Crippen molar-refractivity contribution in [2.75, 3.05) is 0 Å².